The van der Waals surface area contributed by atoms with Crippen LogP contribution in [0.15, 0.2) is 83.1 Å². The van der Waals surface area contributed by atoms with Gasteiger partial charge in [0, 0.05) is 11.3 Å². The summed E-state index contributed by atoms with van der Waals surface area (Å²) in [6.07, 6.45) is 1.38. The molecule has 8 nitrogen and oxygen atoms in total. The van der Waals surface area contributed by atoms with E-state index in [1.807, 2.05) is 66.1 Å². The van der Waals surface area contributed by atoms with Gasteiger partial charge in [-0.1, -0.05) is 59.8 Å². The van der Waals surface area contributed by atoms with Gasteiger partial charge in [-0.15, -0.1) is 10.2 Å². The van der Waals surface area contributed by atoms with Crippen LogP contribution < -0.4 is 5.43 Å². The maximum absolute atomic E-state index is 12.3. The molecule has 166 valence electrons. The number of hydrogen-bond acceptors (Lipinski definition) is 7. The van der Waals surface area contributed by atoms with Gasteiger partial charge in [-0.05, 0) is 42.8 Å². The van der Waals surface area contributed by atoms with E-state index < -0.39 is 0 Å². The van der Waals surface area contributed by atoms with Crippen LogP contribution in [-0.4, -0.2) is 42.9 Å². The number of phenolic OH excluding ortho intramolecular Hbond substituents is 2. The van der Waals surface area contributed by atoms with Crippen molar-refractivity contribution in [1.29, 1.82) is 0 Å². The summed E-state index contributed by atoms with van der Waals surface area (Å²) in [5.41, 5.74) is 5.94. The number of amides is 1. The Morgan fingerprint density at radius 1 is 1.03 bits per heavy atom. The number of aromatic hydroxyl groups is 2. The second kappa shape index (κ2) is 10.0. The Morgan fingerprint density at radius 3 is 2.52 bits per heavy atom. The van der Waals surface area contributed by atoms with Crippen LogP contribution in [0.25, 0.3) is 17.1 Å². The van der Waals surface area contributed by atoms with Gasteiger partial charge in [0.1, 0.15) is 0 Å². The van der Waals surface area contributed by atoms with Crippen molar-refractivity contribution >= 4 is 23.9 Å². The van der Waals surface area contributed by atoms with Crippen LogP contribution in [0.3, 0.4) is 0 Å². The number of carbonyl (C=O) groups is 1. The number of aryl methyl sites for hydroxylation is 1. The number of hydrogen-bond donors (Lipinski definition) is 3. The summed E-state index contributed by atoms with van der Waals surface area (Å²) >= 11 is 1.25. The quantitative estimate of drug-likeness (QED) is 0.167. The number of benzene rings is 3. The van der Waals surface area contributed by atoms with Crippen molar-refractivity contribution in [2.75, 3.05) is 5.75 Å². The molecule has 3 N–H and O–H groups in total. The summed E-state index contributed by atoms with van der Waals surface area (Å²) in [5, 5.41) is 32.0. The number of aromatic nitrogens is 3. The molecule has 0 aliphatic carbocycles. The lowest BCUT2D eigenvalue weighted by Gasteiger charge is -2.10. The normalized spacial score (nSPS) is 11.1. The topological polar surface area (TPSA) is 113 Å². The largest absolute Gasteiger partial charge is 0.504 e. The number of nitrogens with zero attached hydrogens (tertiary/aromatic N) is 4. The zero-order chi connectivity index (χ0) is 23.2. The zero-order valence-corrected chi connectivity index (χ0v) is 18.5. The molecule has 0 bridgehead atoms. The van der Waals surface area contributed by atoms with Crippen molar-refractivity contribution in [1.82, 2.24) is 20.2 Å². The Kier molecular flexibility index (Phi) is 6.70. The number of phenols is 2. The van der Waals surface area contributed by atoms with Crippen molar-refractivity contribution in [3.05, 3.63) is 83.9 Å². The zero-order valence-electron chi connectivity index (χ0n) is 17.7. The molecule has 0 radical (unpaired) electrons. The fourth-order valence-electron chi connectivity index (χ4n) is 3.03. The number of hydrazone groups is 1. The van der Waals surface area contributed by atoms with Gasteiger partial charge < -0.3 is 10.2 Å². The van der Waals surface area contributed by atoms with Crippen LogP contribution in [-0.2, 0) is 4.79 Å². The Bertz CT molecular complexity index is 1290. The lowest BCUT2D eigenvalue weighted by atomic mass is 10.2. The molecule has 0 atom stereocenters. The molecule has 0 saturated heterocycles. The SMILES string of the molecule is Cc1ccc(-n2c(SCC(=O)N/N=C/c3ccc(O)c(O)c3)nnc2-c2ccccc2)cc1. The third-order valence-corrected chi connectivity index (χ3v) is 5.62. The maximum atomic E-state index is 12.3. The molecule has 0 fully saturated rings. The summed E-state index contributed by atoms with van der Waals surface area (Å²) in [7, 11) is 0. The molecule has 4 aromatic rings. The van der Waals surface area contributed by atoms with Crippen molar-refractivity contribution < 1.29 is 15.0 Å². The average molecular weight is 460 g/mol. The van der Waals surface area contributed by atoms with E-state index in [1.165, 1.54) is 30.1 Å². The first-order valence-corrected chi connectivity index (χ1v) is 11.0. The molecular weight excluding hydrogens is 438 g/mol. The molecule has 0 saturated carbocycles. The minimum Gasteiger partial charge on any atom is -0.504 e. The molecular formula is C24H21N5O3S. The first-order chi connectivity index (χ1) is 16.0. The molecule has 33 heavy (non-hydrogen) atoms. The second-order valence-electron chi connectivity index (χ2n) is 7.17. The molecule has 9 heteroatoms. The fourth-order valence-corrected chi connectivity index (χ4v) is 3.77. The number of rotatable bonds is 7. The summed E-state index contributed by atoms with van der Waals surface area (Å²) in [4.78, 5) is 12.3. The lowest BCUT2D eigenvalue weighted by Crippen LogP contribution is -2.20. The Balaban J connectivity index is 1.49. The Hall–Kier alpha value is -4.11. The van der Waals surface area contributed by atoms with Gasteiger partial charge in [0.15, 0.2) is 22.5 Å². The van der Waals surface area contributed by atoms with Crippen molar-refractivity contribution in [2.24, 2.45) is 5.10 Å². The van der Waals surface area contributed by atoms with Gasteiger partial charge in [-0.2, -0.15) is 5.10 Å². The molecule has 0 aliphatic heterocycles. The van der Waals surface area contributed by atoms with E-state index in [0.717, 1.165) is 16.8 Å². The van der Waals surface area contributed by atoms with Crippen molar-refractivity contribution in [3.63, 3.8) is 0 Å². The summed E-state index contributed by atoms with van der Waals surface area (Å²) in [5.74, 6) is -0.0335. The number of carbonyl (C=O) groups excluding carboxylic acids is 1. The standard InChI is InChI=1S/C24H21N5O3S/c1-16-7-10-19(11-8-16)29-23(18-5-3-2-4-6-18)27-28-24(29)33-15-22(32)26-25-14-17-9-12-20(30)21(31)13-17/h2-14,30-31H,15H2,1H3,(H,26,32)/b25-14+. The van der Waals surface area contributed by atoms with Crippen LogP contribution >= 0.6 is 11.8 Å². The highest BCUT2D eigenvalue weighted by atomic mass is 32.2. The highest BCUT2D eigenvalue weighted by Gasteiger charge is 2.17. The summed E-state index contributed by atoms with van der Waals surface area (Å²) in [6.45, 7) is 2.02. The summed E-state index contributed by atoms with van der Waals surface area (Å²) in [6, 6.07) is 22.0. The molecule has 1 aromatic heterocycles. The van der Waals surface area contributed by atoms with Gasteiger partial charge in [0.2, 0.25) is 0 Å². The molecule has 4 rings (SSSR count). The van der Waals surface area contributed by atoms with E-state index in [1.54, 1.807) is 6.07 Å². The molecule has 0 aliphatic rings. The van der Waals surface area contributed by atoms with Crippen molar-refractivity contribution in [3.8, 4) is 28.6 Å². The lowest BCUT2D eigenvalue weighted by molar-refractivity contribution is -0.118. The Labute approximate surface area is 194 Å². The second-order valence-corrected chi connectivity index (χ2v) is 8.12. The molecule has 3 aromatic carbocycles. The van der Waals surface area contributed by atoms with E-state index in [2.05, 4.69) is 20.7 Å². The smallest absolute Gasteiger partial charge is 0.250 e. The minimum absolute atomic E-state index is 0.0803. The monoisotopic (exact) mass is 459 g/mol. The molecule has 1 heterocycles. The highest BCUT2D eigenvalue weighted by molar-refractivity contribution is 7.99. The average Bonchev–Trinajstić information content (AvgIpc) is 3.25. The van der Waals surface area contributed by atoms with Gasteiger partial charge in [0.25, 0.3) is 5.91 Å². The predicted molar refractivity (Wildman–Crippen MR) is 128 cm³/mol. The van der Waals surface area contributed by atoms with E-state index >= 15 is 0 Å². The van der Waals surface area contributed by atoms with Crippen LogP contribution in [0.1, 0.15) is 11.1 Å². The van der Waals surface area contributed by atoms with Crippen LogP contribution in [0, 0.1) is 6.92 Å². The van der Waals surface area contributed by atoms with E-state index in [-0.39, 0.29) is 23.2 Å². The number of thioether (sulfide) groups is 1. The van der Waals surface area contributed by atoms with Crippen LogP contribution in [0.2, 0.25) is 0 Å². The summed E-state index contributed by atoms with van der Waals surface area (Å²) < 4.78 is 1.93. The third kappa shape index (κ3) is 5.39. The minimum atomic E-state index is -0.320. The maximum Gasteiger partial charge on any atom is 0.250 e. The van der Waals surface area contributed by atoms with Gasteiger partial charge in [0.05, 0.1) is 12.0 Å². The third-order valence-electron chi connectivity index (χ3n) is 4.69. The highest BCUT2D eigenvalue weighted by Crippen LogP contribution is 2.28. The van der Waals surface area contributed by atoms with E-state index in [0.29, 0.717) is 16.5 Å². The molecule has 0 spiro atoms. The molecule has 0 unspecified atom stereocenters. The predicted octanol–water partition coefficient (Wildman–Crippen LogP) is 3.90. The van der Waals surface area contributed by atoms with Gasteiger partial charge in [-0.3, -0.25) is 9.36 Å². The van der Waals surface area contributed by atoms with E-state index in [9.17, 15) is 15.0 Å². The van der Waals surface area contributed by atoms with E-state index in [4.69, 9.17) is 0 Å². The first-order valence-electron chi connectivity index (χ1n) is 10.1. The molecule has 1 amide bonds. The first kappa shape index (κ1) is 22.1. The van der Waals surface area contributed by atoms with Crippen molar-refractivity contribution in [2.45, 2.75) is 12.1 Å². The van der Waals surface area contributed by atoms with Crippen LogP contribution in [0.5, 0.6) is 11.5 Å². The Morgan fingerprint density at radius 2 is 1.79 bits per heavy atom. The van der Waals surface area contributed by atoms with Gasteiger partial charge in [-0.25, -0.2) is 5.43 Å². The van der Waals surface area contributed by atoms with Crippen LogP contribution in [0.4, 0.5) is 0 Å². The van der Waals surface area contributed by atoms with Gasteiger partial charge >= 0.3 is 0 Å². The number of nitrogens with one attached hydrogen (secondary N) is 1. The fraction of sp³-hybridized carbons (Fsp3) is 0.0833.